The van der Waals surface area contributed by atoms with Crippen molar-refractivity contribution in [1.29, 1.82) is 0 Å². The van der Waals surface area contributed by atoms with Gasteiger partial charge in [0.1, 0.15) is 5.54 Å². The monoisotopic (exact) mass is 256 g/mol. The van der Waals surface area contributed by atoms with Gasteiger partial charge in [-0.05, 0) is 19.3 Å². The largest absolute Gasteiger partial charge is 0.480 e. The van der Waals surface area contributed by atoms with Crippen LogP contribution in [0.5, 0.6) is 0 Å². The fourth-order valence-electron chi connectivity index (χ4n) is 2.43. The van der Waals surface area contributed by atoms with Crippen molar-refractivity contribution in [3.8, 4) is 0 Å². The molecule has 18 heavy (non-hydrogen) atoms. The summed E-state index contributed by atoms with van der Waals surface area (Å²) in [6.45, 7) is 2.03. The number of carbonyl (C=O) groups excluding carboxylic acids is 1. The van der Waals surface area contributed by atoms with Crippen molar-refractivity contribution in [2.75, 3.05) is 0 Å². The Morgan fingerprint density at radius 3 is 2.44 bits per heavy atom. The van der Waals surface area contributed by atoms with Crippen molar-refractivity contribution in [2.45, 2.75) is 69.9 Å². The smallest absolute Gasteiger partial charge is 0.329 e. The molecule has 1 rings (SSSR count). The van der Waals surface area contributed by atoms with E-state index in [4.69, 9.17) is 5.73 Å². The number of nitrogens with two attached hydrogens (primary N) is 1. The van der Waals surface area contributed by atoms with E-state index in [-0.39, 0.29) is 5.91 Å². The molecule has 0 aromatic heterocycles. The fraction of sp³-hybridized carbons (Fsp3) is 0.846. The van der Waals surface area contributed by atoms with Crippen molar-refractivity contribution < 1.29 is 14.7 Å². The van der Waals surface area contributed by atoms with Gasteiger partial charge < -0.3 is 16.2 Å². The summed E-state index contributed by atoms with van der Waals surface area (Å²) in [4.78, 5) is 23.3. The van der Waals surface area contributed by atoms with Gasteiger partial charge in [-0.25, -0.2) is 4.79 Å². The van der Waals surface area contributed by atoms with E-state index in [1.54, 1.807) is 0 Å². The highest BCUT2D eigenvalue weighted by molar-refractivity contribution is 5.89. The molecule has 1 aliphatic rings. The van der Waals surface area contributed by atoms with E-state index >= 15 is 0 Å². The fourth-order valence-corrected chi connectivity index (χ4v) is 2.43. The normalized spacial score (nSPS) is 20.1. The SMILES string of the molecule is CCCCC(N)C(=O)NC1(C(=O)O)CCCCC1. The molecule has 1 atom stereocenters. The first kappa shape index (κ1) is 15.0. The number of nitrogens with one attached hydrogen (secondary N) is 1. The molecule has 0 aromatic carbocycles. The number of unbranched alkanes of at least 4 members (excludes halogenated alkanes) is 1. The second kappa shape index (κ2) is 6.73. The lowest BCUT2D eigenvalue weighted by atomic mass is 9.81. The minimum atomic E-state index is -1.08. The van der Waals surface area contributed by atoms with Gasteiger partial charge in [-0.2, -0.15) is 0 Å². The molecule has 0 spiro atoms. The number of carboxylic acid groups (broad SMARTS) is 1. The average molecular weight is 256 g/mol. The van der Waals surface area contributed by atoms with Crippen LogP contribution in [-0.4, -0.2) is 28.6 Å². The highest BCUT2D eigenvalue weighted by atomic mass is 16.4. The van der Waals surface area contributed by atoms with Crippen molar-refractivity contribution in [1.82, 2.24) is 5.32 Å². The van der Waals surface area contributed by atoms with E-state index < -0.39 is 17.6 Å². The minimum absolute atomic E-state index is 0.326. The van der Waals surface area contributed by atoms with Crippen LogP contribution in [-0.2, 0) is 9.59 Å². The molecule has 5 heteroatoms. The van der Waals surface area contributed by atoms with Gasteiger partial charge in [0.25, 0.3) is 0 Å². The number of hydrogen-bond acceptors (Lipinski definition) is 3. The first-order chi connectivity index (χ1) is 8.52. The van der Waals surface area contributed by atoms with Crippen LogP contribution in [0.3, 0.4) is 0 Å². The molecular formula is C13H24N2O3. The Hall–Kier alpha value is -1.10. The Kier molecular flexibility index (Phi) is 5.59. The molecule has 1 aliphatic carbocycles. The number of carboxylic acids is 1. The van der Waals surface area contributed by atoms with E-state index in [2.05, 4.69) is 5.32 Å². The van der Waals surface area contributed by atoms with Crippen molar-refractivity contribution in [2.24, 2.45) is 5.73 Å². The molecule has 104 valence electrons. The number of amides is 1. The van der Waals surface area contributed by atoms with Gasteiger partial charge in [-0.15, -0.1) is 0 Å². The molecule has 0 aromatic rings. The topological polar surface area (TPSA) is 92.4 Å². The summed E-state index contributed by atoms with van der Waals surface area (Å²) in [5.74, 6) is -1.26. The summed E-state index contributed by atoms with van der Waals surface area (Å²) in [5.41, 5.74) is 4.69. The van der Waals surface area contributed by atoms with Gasteiger partial charge in [0.2, 0.25) is 5.91 Å². The molecule has 1 unspecified atom stereocenters. The molecule has 1 saturated carbocycles. The zero-order chi connectivity index (χ0) is 13.6. The molecule has 1 amide bonds. The van der Waals surface area contributed by atoms with E-state index in [1.165, 1.54) is 0 Å². The standard InChI is InChI=1S/C13H24N2O3/c1-2-3-7-10(14)11(16)15-13(12(17)18)8-5-4-6-9-13/h10H,2-9,14H2,1H3,(H,15,16)(H,17,18). The third-order valence-electron chi connectivity index (χ3n) is 3.68. The number of carbonyl (C=O) groups is 2. The minimum Gasteiger partial charge on any atom is -0.480 e. The van der Waals surface area contributed by atoms with Gasteiger partial charge in [0.15, 0.2) is 0 Å². The predicted octanol–water partition coefficient (Wildman–Crippen LogP) is 1.41. The summed E-state index contributed by atoms with van der Waals surface area (Å²) in [6, 6.07) is -0.594. The Morgan fingerprint density at radius 2 is 1.94 bits per heavy atom. The Labute approximate surface area is 108 Å². The van der Waals surface area contributed by atoms with Crippen molar-refractivity contribution >= 4 is 11.9 Å². The van der Waals surface area contributed by atoms with Crippen molar-refractivity contribution in [3.63, 3.8) is 0 Å². The molecule has 0 saturated heterocycles. The highest BCUT2D eigenvalue weighted by Gasteiger charge is 2.41. The maximum absolute atomic E-state index is 11.9. The van der Waals surface area contributed by atoms with Crippen molar-refractivity contribution in [3.05, 3.63) is 0 Å². The van der Waals surface area contributed by atoms with Gasteiger partial charge in [-0.1, -0.05) is 39.0 Å². The molecule has 4 N–H and O–H groups in total. The number of aliphatic carboxylic acids is 1. The van der Waals surface area contributed by atoms with Gasteiger partial charge >= 0.3 is 5.97 Å². The van der Waals surface area contributed by atoms with Crippen LogP contribution in [0.4, 0.5) is 0 Å². The third kappa shape index (κ3) is 3.70. The van der Waals surface area contributed by atoms with E-state index in [9.17, 15) is 14.7 Å². The summed E-state index contributed by atoms with van der Waals surface area (Å²) >= 11 is 0. The maximum atomic E-state index is 11.9. The average Bonchev–Trinajstić information content (AvgIpc) is 2.36. The third-order valence-corrected chi connectivity index (χ3v) is 3.68. The highest BCUT2D eigenvalue weighted by Crippen LogP contribution is 2.28. The maximum Gasteiger partial charge on any atom is 0.329 e. The molecular weight excluding hydrogens is 232 g/mol. The predicted molar refractivity (Wildman–Crippen MR) is 69.1 cm³/mol. The van der Waals surface area contributed by atoms with Gasteiger partial charge in [0.05, 0.1) is 6.04 Å². The molecule has 0 radical (unpaired) electrons. The zero-order valence-electron chi connectivity index (χ0n) is 11.1. The number of hydrogen-bond donors (Lipinski definition) is 3. The van der Waals surface area contributed by atoms with Crippen LogP contribution >= 0.6 is 0 Å². The quantitative estimate of drug-likeness (QED) is 0.670. The number of rotatable bonds is 6. The molecule has 1 fully saturated rings. The lowest BCUT2D eigenvalue weighted by Gasteiger charge is -2.34. The summed E-state index contributed by atoms with van der Waals surface area (Å²) in [7, 11) is 0. The van der Waals surface area contributed by atoms with Gasteiger partial charge in [-0.3, -0.25) is 4.79 Å². The summed E-state index contributed by atoms with van der Waals surface area (Å²) < 4.78 is 0. The lowest BCUT2D eigenvalue weighted by Crippen LogP contribution is -2.59. The Morgan fingerprint density at radius 1 is 1.33 bits per heavy atom. The Balaban J connectivity index is 2.60. The van der Waals surface area contributed by atoms with E-state index in [1.807, 2.05) is 6.92 Å². The van der Waals surface area contributed by atoms with Crippen LogP contribution in [0.25, 0.3) is 0 Å². The van der Waals surface area contributed by atoms with Crippen LogP contribution in [0, 0.1) is 0 Å². The van der Waals surface area contributed by atoms with Crippen LogP contribution in [0.1, 0.15) is 58.3 Å². The van der Waals surface area contributed by atoms with Crippen LogP contribution < -0.4 is 11.1 Å². The summed E-state index contributed by atoms with van der Waals surface area (Å²) in [5, 5.41) is 12.0. The van der Waals surface area contributed by atoms with E-state index in [0.717, 1.165) is 32.1 Å². The first-order valence-electron chi connectivity index (χ1n) is 6.83. The lowest BCUT2D eigenvalue weighted by molar-refractivity contribution is -0.149. The second-order valence-electron chi connectivity index (χ2n) is 5.19. The summed E-state index contributed by atoms with van der Waals surface area (Å²) in [6.07, 6.45) is 6.21. The van der Waals surface area contributed by atoms with Gasteiger partial charge in [0, 0.05) is 0 Å². The molecule has 5 nitrogen and oxygen atoms in total. The van der Waals surface area contributed by atoms with E-state index in [0.29, 0.717) is 19.3 Å². The Bertz CT molecular complexity index is 299. The van der Waals surface area contributed by atoms with Crippen LogP contribution in [0.15, 0.2) is 0 Å². The molecule has 0 bridgehead atoms. The molecule has 0 aliphatic heterocycles. The zero-order valence-corrected chi connectivity index (χ0v) is 11.1. The second-order valence-corrected chi connectivity index (χ2v) is 5.19. The first-order valence-corrected chi connectivity index (χ1v) is 6.83. The van der Waals surface area contributed by atoms with Crippen LogP contribution in [0.2, 0.25) is 0 Å². The molecule has 0 heterocycles.